The zero-order valence-electron chi connectivity index (χ0n) is 16.6. The highest BCUT2D eigenvalue weighted by Crippen LogP contribution is 2.19. The lowest BCUT2D eigenvalue weighted by molar-refractivity contribution is 0.0988. The Morgan fingerprint density at radius 1 is 0.862 bits per heavy atom. The summed E-state index contributed by atoms with van der Waals surface area (Å²) in [6.07, 6.45) is 0. The molecular formula is C24H24N2O3. The number of rotatable bonds is 7. The van der Waals surface area contributed by atoms with Crippen LogP contribution in [0.2, 0.25) is 0 Å². The number of nitrogens with one attached hydrogen (secondary N) is 1. The monoisotopic (exact) mass is 388 g/mol. The molecule has 0 aliphatic heterocycles. The second kappa shape index (κ2) is 9.55. The highest BCUT2D eigenvalue weighted by atomic mass is 16.5. The summed E-state index contributed by atoms with van der Waals surface area (Å²) < 4.78 is 5.41. The summed E-state index contributed by atoms with van der Waals surface area (Å²) >= 11 is 0. The summed E-state index contributed by atoms with van der Waals surface area (Å²) in [7, 11) is 0. The fourth-order valence-electron chi connectivity index (χ4n) is 3.01. The third kappa shape index (κ3) is 5.02. The minimum atomic E-state index is -0.272. The number of hydrogen-bond acceptors (Lipinski definition) is 3. The van der Waals surface area contributed by atoms with Crippen LogP contribution in [0.4, 0.5) is 11.4 Å². The maximum Gasteiger partial charge on any atom is 0.258 e. The van der Waals surface area contributed by atoms with Crippen LogP contribution >= 0.6 is 0 Å². The smallest absolute Gasteiger partial charge is 0.258 e. The molecule has 148 valence electrons. The number of benzene rings is 3. The van der Waals surface area contributed by atoms with Crippen LogP contribution in [0, 0.1) is 0 Å². The highest BCUT2D eigenvalue weighted by molar-refractivity contribution is 6.09. The molecular weight excluding hydrogens is 364 g/mol. The molecule has 0 saturated heterocycles. The second-order valence-electron chi connectivity index (χ2n) is 6.38. The first kappa shape index (κ1) is 20.1. The van der Waals surface area contributed by atoms with Crippen molar-refractivity contribution in [3.8, 4) is 5.75 Å². The van der Waals surface area contributed by atoms with Gasteiger partial charge in [-0.25, -0.2) is 0 Å². The summed E-state index contributed by atoms with van der Waals surface area (Å²) in [6.45, 7) is 4.96. The standard InChI is InChI=1S/C24H24N2O3/c1-3-26(21-11-6-5-7-12-21)24(28)19-10-8-9-18(17-19)23(27)25-20-13-15-22(16-14-20)29-4-2/h5-17H,3-4H2,1-2H3,(H,25,27). The van der Waals surface area contributed by atoms with Crippen LogP contribution in [0.15, 0.2) is 78.9 Å². The molecule has 1 N–H and O–H groups in total. The summed E-state index contributed by atoms with van der Waals surface area (Å²) in [5.74, 6) is 0.333. The molecule has 29 heavy (non-hydrogen) atoms. The SMILES string of the molecule is CCOc1ccc(NC(=O)c2cccc(C(=O)N(CC)c3ccccc3)c2)cc1. The maximum absolute atomic E-state index is 13.0. The Morgan fingerprint density at radius 3 is 2.21 bits per heavy atom. The van der Waals surface area contributed by atoms with Gasteiger partial charge in [0.1, 0.15) is 5.75 Å². The third-order valence-corrected chi connectivity index (χ3v) is 4.42. The van der Waals surface area contributed by atoms with Gasteiger partial charge in [-0.05, 0) is 68.4 Å². The van der Waals surface area contributed by atoms with E-state index in [1.807, 2.05) is 44.2 Å². The van der Waals surface area contributed by atoms with E-state index in [1.54, 1.807) is 53.4 Å². The fourth-order valence-corrected chi connectivity index (χ4v) is 3.01. The van der Waals surface area contributed by atoms with Crippen molar-refractivity contribution in [1.29, 1.82) is 0 Å². The maximum atomic E-state index is 13.0. The number of para-hydroxylation sites is 1. The van der Waals surface area contributed by atoms with Gasteiger partial charge < -0.3 is 15.0 Å². The molecule has 0 bridgehead atoms. The lowest BCUT2D eigenvalue weighted by Crippen LogP contribution is -2.30. The van der Waals surface area contributed by atoms with Crippen molar-refractivity contribution in [2.24, 2.45) is 0 Å². The van der Waals surface area contributed by atoms with E-state index in [1.165, 1.54) is 0 Å². The van der Waals surface area contributed by atoms with Crippen molar-refractivity contribution < 1.29 is 14.3 Å². The topological polar surface area (TPSA) is 58.6 Å². The molecule has 5 nitrogen and oxygen atoms in total. The molecule has 0 aliphatic carbocycles. The van der Waals surface area contributed by atoms with Crippen LogP contribution in [-0.2, 0) is 0 Å². The molecule has 3 aromatic rings. The van der Waals surface area contributed by atoms with Gasteiger partial charge in [0.15, 0.2) is 0 Å². The summed E-state index contributed by atoms with van der Waals surface area (Å²) in [5, 5.41) is 2.85. The molecule has 3 aromatic carbocycles. The molecule has 5 heteroatoms. The molecule has 2 amide bonds. The molecule has 3 rings (SSSR count). The summed E-state index contributed by atoms with van der Waals surface area (Å²) in [4.78, 5) is 27.3. The van der Waals surface area contributed by atoms with E-state index in [9.17, 15) is 9.59 Å². The van der Waals surface area contributed by atoms with Crippen LogP contribution in [0.1, 0.15) is 34.6 Å². The Hall–Kier alpha value is -3.60. The molecule has 0 fully saturated rings. The van der Waals surface area contributed by atoms with Gasteiger partial charge >= 0.3 is 0 Å². The zero-order valence-corrected chi connectivity index (χ0v) is 16.6. The Labute approximate surface area is 170 Å². The molecule has 0 radical (unpaired) electrons. The van der Waals surface area contributed by atoms with Crippen molar-refractivity contribution in [1.82, 2.24) is 0 Å². The number of hydrogen-bond donors (Lipinski definition) is 1. The first-order valence-electron chi connectivity index (χ1n) is 9.63. The molecule has 0 unspecified atom stereocenters. The number of amides is 2. The van der Waals surface area contributed by atoms with Crippen LogP contribution in [0.25, 0.3) is 0 Å². The number of ether oxygens (including phenoxy) is 1. The lowest BCUT2D eigenvalue weighted by atomic mass is 10.1. The van der Waals surface area contributed by atoms with E-state index in [-0.39, 0.29) is 11.8 Å². The quantitative estimate of drug-likeness (QED) is 0.619. The van der Waals surface area contributed by atoms with Crippen molar-refractivity contribution >= 4 is 23.2 Å². The highest BCUT2D eigenvalue weighted by Gasteiger charge is 2.17. The molecule has 0 heterocycles. The van der Waals surface area contributed by atoms with E-state index in [4.69, 9.17) is 4.74 Å². The van der Waals surface area contributed by atoms with E-state index in [0.717, 1.165) is 11.4 Å². The van der Waals surface area contributed by atoms with Gasteiger partial charge in [-0.3, -0.25) is 9.59 Å². The average molecular weight is 388 g/mol. The second-order valence-corrected chi connectivity index (χ2v) is 6.38. The van der Waals surface area contributed by atoms with E-state index >= 15 is 0 Å². The minimum absolute atomic E-state index is 0.144. The Balaban J connectivity index is 1.76. The summed E-state index contributed by atoms with van der Waals surface area (Å²) in [5.41, 5.74) is 2.38. The van der Waals surface area contributed by atoms with Crippen molar-refractivity contribution in [3.63, 3.8) is 0 Å². The first-order valence-corrected chi connectivity index (χ1v) is 9.63. The molecule has 0 aliphatic rings. The Kier molecular flexibility index (Phi) is 6.63. The van der Waals surface area contributed by atoms with Gasteiger partial charge in [-0.1, -0.05) is 24.3 Å². The average Bonchev–Trinajstić information content (AvgIpc) is 2.76. The largest absolute Gasteiger partial charge is 0.494 e. The van der Waals surface area contributed by atoms with Crippen molar-refractivity contribution in [2.75, 3.05) is 23.4 Å². The van der Waals surface area contributed by atoms with Gasteiger partial charge in [0.2, 0.25) is 0 Å². The normalized spacial score (nSPS) is 10.3. The lowest BCUT2D eigenvalue weighted by Gasteiger charge is -2.21. The van der Waals surface area contributed by atoms with Crippen LogP contribution in [0.5, 0.6) is 5.75 Å². The summed E-state index contributed by atoms with van der Waals surface area (Å²) in [6, 6.07) is 23.4. The molecule has 0 atom stereocenters. The molecule has 0 aromatic heterocycles. The van der Waals surface area contributed by atoms with Gasteiger partial charge in [0.25, 0.3) is 11.8 Å². The minimum Gasteiger partial charge on any atom is -0.494 e. The molecule has 0 saturated carbocycles. The van der Waals surface area contributed by atoms with E-state index in [2.05, 4.69) is 5.32 Å². The third-order valence-electron chi connectivity index (χ3n) is 4.42. The van der Waals surface area contributed by atoms with Gasteiger partial charge in [0.05, 0.1) is 6.61 Å². The van der Waals surface area contributed by atoms with Gasteiger partial charge in [0, 0.05) is 29.0 Å². The number of nitrogens with zero attached hydrogens (tertiary/aromatic N) is 1. The Bertz CT molecular complexity index is 969. The number of carbonyl (C=O) groups excluding carboxylic acids is 2. The van der Waals surface area contributed by atoms with E-state index < -0.39 is 0 Å². The van der Waals surface area contributed by atoms with Crippen LogP contribution in [-0.4, -0.2) is 25.0 Å². The zero-order chi connectivity index (χ0) is 20.6. The van der Waals surface area contributed by atoms with Crippen LogP contribution in [0.3, 0.4) is 0 Å². The van der Waals surface area contributed by atoms with Gasteiger partial charge in [-0.15, -0.1) is 0 Å². The van der Waals surface area contributed by atoms with Crippen molar-refractivity contribution in [2.45, 2.75) is 13.8 Å². The fraction of sp³-hybridized carbons (Fsp3) is 0.167. The predicted octanol–water partition coefficient (Wildman–Crippen LogP) is 5.00. The number of carbonyl (C=O) groups is 2. The van der Waals surface area contributed by atoms with E-state index in [0.29, 0.717) is 30.0 Å². The first-order chi connectivity index (χ1) is 14.1. The Morgan fingerprint density at radius 2 is 1.55 bits per heavy atom. The van der Waals surface area contributed by atoms with Crippen molar-refractivity contribution in [3.05, 3.63) is 90.0 Å². The van der Waals surface area contributed by atoms with Crippen LogP contribution < -0.4 is 15.0 Å². The number of anilines is 2. The molecule has 0 spiro atoms. The predicted molar refractivity (Wildman–Crippen MR) is 116 cm³/mol. The van der Waals surface area contributed by atoms with Gasteiger partial charge in [-0.2, -0.15) is 0 Å².